The molecule has 0 aromatic carbocycles. The van der Waals surface area contributed by atoms with E-state index in [1.165, 1.54) is 20.0 Å². The summed E-state index contributed by atoms with van der Waals surface area (Å²) in [6.07, 6.45) is 2.48. The summed E-state index contributed by atoms with van der Waals surface area (Å²) in [5.41, 5.74) is 0. The summed E-state index contributed by atoms with van der Waals surface area (Å²) in [5, 5.41) is 3.40. The van der Waals surface area contributed by atoms with Crippen molar-refractivity contribution in [3.05, 3.63) is 23.7 Å². The zero-order valence-electron chi connectivity index (χ0n) is 9.66. The summed E-state index contributed by atoms with van der Waals surface area (Å²) in [6.45, 7) is 2.88. The molecule has 0 radical (unpaired) electrons. The number of hydrogen-bond donors (Lipinski definition) is 1. The molecule has 1 aliphatic rings. The van der Waals surface area contributed by atoms with Crippen molar-refractivity contribution >= 4 is 5.97 Å². The summed E-state index contributed by atoms with van der Waals surface area (Å²) < 4.78 is 9.92. The van der Waals surface area contributed by atoms with Gasteiger partial charge in [0, 0.05) is 6.04 Å². The lowest BCUT2D eigenvalue weighted by atomic mass is 10.3. The Labute approximate surface area is 95.0 Å². The number of rotatable bonds is 5. The van der Waals surface area contributed by atoms with Crippen molar-refractivity contribution in [2.24, 2.45) is 5.92 Å². The van der Waals surface area contributed by atoms with E-state index < -0.39 is 5.97 Å². The van der Waals surface area contributed by atoms with Gasteiger partial charge in [0.25, 0.3) is 0 Å². The lowest BCUT2D eigenvalue weighted by Crippen LogP contribution is -2.17. The highest BCUT2D eigenvalue weighted by Crippen LogP contribution is 2.33. The first kappa shape index (κ1) is 11.2. The molecule has 0 saturated heterocycles. The molecule has 0 spiro atoms. The molecule has 88 valence electrons. The second-order valence-electron chi connectivity index (χ2n) is 4.15. The average Bonchev–Trinajstić information content (AvgIpc) is 2.92. The van der Waals surface area contributed by atoms with Gasteiger partial charge in [0.1, 0.15) is 5.76 Å². The van der Waals surface area contributed by atoms with Gasteiger partial charge in [0.15, 0.2) is 0 Å². The summed E-state index contributed by atoms with van der Waals surface area (Å²) in [6, 6.07) is 4.08. The highest BCUT2D eigenvalue weighted by molar-refractivity contribution is 5.86. The minimum Gasteiger partial charge on any atom is -0.463 e. The summed E-state index contributed by atoms with van der Waals surface area (Å²) >= 11 is 0. The van der Waals surface area contributed by atoms with Gasteiger partial charge < -0.3 is 14.5 Å². The number of furan rings is 1. The maximum atomic E-state index is 11.1. The first-order valence-electron chi connectivity index (χ1n) is 5.65. The van der Waals surface area contributed by atoms with Crippen molar-refractivity contribution in [2.75, 3.05) is 7.11 Å². The Morgan fingerprint density at radius 3 is 3.06 bits per heavy atom. The second kappa shape index (κ2) is 4.70. The Morgan fingerprint density at radius 1 is 1.62 bits per heavy atom. The zero-order valence-corrected chi connectivity index (χ0v) is 9.66. The molecule has 2 atom stereocenters. The third-order valence-corrected chi connectivity index (χ3v) is 3.03. The monoisotopic (exact) mass is 223 g/mol. The van der Waals surface area contributed by atoms with E-state index in [2.05, 4.69) is 17.0 Å². The van der Waals surface area contributed by atoms with E-state index in [9.17, 15) is 4.79 Å². The normalized spacial score (nSPS) is 23.1. The van der Waals surface area contributed by atoms with Crippen LogP contribution in [-0.4, -0.2) is 19.1 Å². The molecule has 1 heterocycles. The summed E-state index contributed by atoms with van der Waals surface area (Å²) in [7, 11) is 1.35. The molecule has 1 aromatic heterocycles. The SMILES string of the molecule is CCC1CC1NCc1ccc(C(=O)OC)o1. The molecule has 0 aliphatic heterocycles. The highest BCUT2D eigenvalue weighted by Gasteiger charge is 2.34. The number of hydrogen-bond acceptors (Lipinski definition) is 4. The van der Waals surface area contributed by atoms with Crippen LogP contribution in [0.5, 0.6) is 0 Å². The maximum absolute atomic E-state index is 11.1. The van der Waals surface area contributed by atoms with Crippen molar-refractivity contribution in [3.8, 4) is 0 Å². The van der Waals surface area contributed by atoms with Crippen molar-refractivity contribution in [1.82, 2.24) is 5.32 Å². The van der Waals surface area contributed by atoms with Crippen molar-refractivity contribution < 1.29 is 13.9 Å². The molecule has 1 aromatic rings. The van der Waals surface area contributed by atoms with Crippen LogP contribution in [0, 0.1) is 5.92 Å². The summed E-state index contributed by atoms with van der Waals surface area (Å²) in [5.74, 6) is 1.43. The smallest absolute Gasteiger partial charge is 0.373 e. The molecule has 0 bridgehead atoms. The first-order chi connectivity index (χ1) is 7.74. The number of methoxy groups -OCH3 is 1. The van der Waals surface area contributed by atoms with E-state index in [1.807, 2.05) is 6.07 Å². The quantitative estimate of drug-likeness (QED) is 0.775. The Kier molecular flexibility index (Phi) is 3.29. The molecule has 2 unspecified atom stereocenters. The molecule has 4 nitrogen and oxygen atoms in total. The van der Waals surface area contributed by atoms with Crippen LogP contribution in [0.4, 0.5) is 0 Å². The number of ether oxygens (including phenoxy) is 1. The number of nitrogens with one attached hydrogen (secondary N) is 1. The van der Waals surface area contributed by atoms with Gasteiger partial charge in [-0.1, -0.05) is 13.3 Å². The lowest BCUT2D eigenvalue weighted by Gasteiger charge is -2.00. The van der Waals surface area contributed by atoms with Gasteiger partial charge in [-0.15, -0.1) is 0 Å². The van der Waals surface area contributed by atoms with Gasteiger partial charge in [-0.3, -0.25) is 0 Å². The van der Waals surface area contributed by atoms with E-state index >= 15 is 0 Å². The van der Waals surface area contributed by atoms with Gasteiger partial charge >= 0.3 is 5.97 Å². The van der Waals surface area contributed by atoms with Gasteiger partial charge in [-0.05, 0) is 24.5 Å². The van der Waals surface area contributed by atoms with Crippen molar-refractivity contribution in [3.63, 3.8) is 0 Å². The minimum atomic E-state index is -0.427. The maximum Gasteiger partial charge on any atom is 0.373 e. The Morgan fingerprint density at radius 2 is 2.44 bits per heavy atom. The topological polar surface area (TPSA) is 51.5 Å². The Hall–Kier alpha value is -1.29. The van der Waals surface area contributed by atoms with Crippen molar-refractivity contribution in [2.45, 2.75) is 32.4 Å². The molecule has 2 rings (SSSR count). The number of esters is 1. The fourth-order valence-corrected chi connectivity index (χ4v) is 1.86. The first-order valence-corrected chi connectivity index (χ1v) is 5.65. The molecule has 1 aliphatic carbocycles. The molecule has 16 heavy (non-hydrogen) atoms. The largest absolute Gasteiger partial charge is 0.463 e. The number of carbonyl (C=O) groups is 1. The second-order valence-corrected chi connectivity index (χ2v) is 4.15. The molecule has 1 fully saturated rings. The molecular formula is C12H17NO3. The predicted octanol–water partition coefficient (Wildman–Crippen LogP) is 1.95. The van der Waals surface area contributed by atoms with Crippen LogP contribution < -0.4 is 5.32 Å². The Balaban J connectivity index is 1.82. The fraction of sp³-hybridized carbons (Fsp3) is 0.583. The highest BCUT2D eigenvalue weighted by atomic mass is 16.5. The number of carbonyl (C=O) groups excluding carboxylic acids is 1. The van der Waals surface area contributed by atoms with Crippen molar-refractivity contribution in [1.29, 1.82) is 0 Å². The van der Waals surface area contributed by atoms with Crippen LogP contribution in [0.25, 0.3) is 0 Å². The lowest BCUT2D eigenvalue weighted by molar-refractivity contribution is 0.0563. The standard InChI is InChI=1S/C12H17NO3/c1-3-8-6-10(8)13-7-9-4-5-11(16-9)12(14)15-2/h4-5,8,10,13H,3,6-7H2,1-2H3. The molecule has 1 saturated carbocycles. The predicted molar refractivity (Wildman–Crippen MR) is 59.1 cm³/mol. The zero-order chi connectivity index (χ0) is 11.5. The van der Waals surface area contributed by atoms with Crippen LogP contribution >= 0.6 is 0 Å². The molecule has 0 amide bonds. The van der Waals surface area contributed by atoms with Gasteiger partial charge in [0.2, 0.25) is 5.76 Å². The van der Waals surface area contributed by atoms with E-state index in [4.69, 9.17) is 4.42 Å². The van der Waals surface area contributed by atoms with Crippen LogP contribution in [0.2, 0.25) is 0 Å². The molecular weight excluding hydrogens is 206 g/mol. The van der Waals surface area contributed by atoms with Crippen LogP contribution in [-0.2, 0) is 11.3 Å². The van der Waals surface area contributed by atoms with Crippen LogP contribution in [0.1, 0.15) is 36.1 Å². The van der Waals surface area contributed by atoms with Gasteiger partial charge in [-0.2, -0.15) is 0 Å². The Bertz CT molecular complexity index is 372. The van der Waals surface area contributed by atoms with Gasteiger partial charge in [-0.25, -0.2) is 4.79 Å². The van der Waals surface area contributed by atoms with E-state index in [0.717, 1.165) is 11.7 Å². The third kappa shape index (κ3) is 2.44. The van der Waals surface area contributed by atoms with E-state index in [1.54, 1.807) is 6.07 Å². The molecule has 4 heteroatoms. The van der Waals surface area contributed by atoms with Crippen LogP contribution in [0.15, 0.2) is 16.5 Å². The average molecular weight is 223 g/mol. The molecule has 1 N–H and O–H groups in total. The van der Waals surface area contributed by atoms with Gasteiger partial charge in [0.05, 0.1) is 13.7 Å². The third-order valence-electron chi connectivity index (χ3n) is 3.03. The summed E-state index contributed by atoms with van der Waals surface area (Å²) in [4.78, 5) is 11.1. The minimum absolute atomic E-state index is 0.266. The van der Waals surface area contributed by atoms with E-state index in [-0.39, 0.29) is 5.76 Å². The van der Waals surface area contributed by atoms with E-state index in [0.29, 0.717) is 12.6 Å². The van der Waals surface area contributed by atoms with Crippen LogP contribution in [0.3, 0.4) is 0 Å². The fourth-order valence-electron chi connectivity index (χ4n) is 1.86.